The molecule has 0 spiro atoms. The Balaban J connectivity index is 1.79. The quantitative estimate of drug-likeness (QED) is 0.491. The molecular weight excluding hydrogens is 275 g/mol. The van der Waals surface area contributed by atoms with Crippen LogP contribution in [-0.4, -0.2) is 26.9 Å². The van der Waals surface area contributed by atoms with Crippen LogP contribution < -0.4 is 0 Å². The molecule has 3 saturated carbocycles. The summed E-state index contributed by atoms with van der Waals surface area (Å²) in [6.45, 7) is -0.557. The van der Waals surface area contributed by atoms with Crippen molar-refractivity contribution in [2.24, 2.45) is 0 Å². The Morgan fingerprint density at radius 2 is 0.700 bits per heavy atom. The van der Waals surface area contributed by atoms with Gasteiger partial charge in [0.2, 0.25) is 0 Å². The van der Waals surface area contributed by atoms with Gasteiger partial charge < -0.3 is 0 Å². The zero-order valence-corrected chi connectivity index (χ0v) is 16.7. The molecule has 0 saturated heterocycles. The summed E-state index contributed by atoms with van der Waals surface area (Å²) in [4.78, 5) is 0. The second-order valence-electron chi connectivity index (χ2n) is 8.10. The molecule has 0 nitrogen and oxygen atoms in total. The van der Waals surface area contributed by atoms with Crippen LogP contribution in [0.25, 0.3) is 0 Å². The molecule has 0 aromatic heterocycles. The highest BCUT2D eigenvalue weighted by Crippen LogP contribution is 2.74. The highest BCUT2D eigenvalue weighted by Gasteiger charge is 2.52. The third-order valence-corrected chi connectivity index (χ3v) is 19.9. The van der Waals surface area contributed by atoms with E-state index in [1.165, 1.54) is 17.0 Å². The van der Waals surface area contributed by atoms with Crippen molar-refractivity contribution in [2.75, 3.05) is 0 Å². The highest BCUT2D eigenvalue weighted by molar-refractivity contribution is 7.99. The van der Waals surface area contributed by atoms with Crippen LogP contribution >= 0.6 is 6.81 Å². The van der Waals surface area contributed by atoms with Crippen molar-refractivity contribution in [3.8, 4) is 0 Å². The molecule has 0 atom stereocenters. The van der Waals surface area contributed by atoms with E-state index >= 15 is 0 Å². The van der Waals surface area contributed by atoms with Crippen molar-refractivity contribution in [2.45, 2.75) is 113 Å². The van der Waals surface area contributed by atoms with Gasteiger partial charge in [0.15, 0.2) is 9.91 Å². The Labute approximate surface area is 130 Å². The van der Waals surface area contributed by atoms with Gasteiger partial charge in [-0.15, -0.1) is 0 Å². The molecule has 20 heavy (non-hydrogen) atoms. The number of hydrogen-bond acceptors (Lipinski definition) is 0. The molecule has 0 aromatic rings. The van der Waals surface area contributed by atoms with Gasteiger partial charge in [-0.05, 0) is 83.9 Å². The molecule has 0 aromatic carbocycles. The van der Waals surface area contributed by atoms with Gasteiger partial charge in [-0.1, -0.05) is 19.3 Å². The molecule has 0 unspecified atom stereocenters. The Morgan fingerprint density at radius 3 is 0.950 bits per heavy atom. The second kappa shape index (κ2) is 7.27. The van der Waals surface area contributed by atoms with Crippen molar-refractivity contribution < 1.29 is 0 Å². The molecule has 116 valence electrons. The van der Waals surface area contributed by atoms with Crippen LogP contribution in [0.5, 0.6) is 0 Å². The fraction of sp³-hybridized carbons (Fsp3) is 1.00. The van der Waals surface area contributed by atoms with Crippen LogP contribution in [0, 0.1) is 0 Å². The van der Waals surface area contributed by atoms with Gasteiger partial charge in [0.1, 0.15) is 0 Å². The standard InChI is InChI=1S/C18H36PSi/c20-19(16-10-4-1-5-11-16,17-12-6-2-7-13-17)18-14-8-3-9-15-18/h16-18H,1-15H2,20H3/q+1. The lowest BCUT2D eigenvalue weighted by molar-refractivity contribution is 0.457. The molecule has 3 aliphatic rings. The van der Waals surface area contributed by atoms with Gasteiger partial charge in [-0.3, -0.25) is 0 Å². The molecule has 0 heterocycles. The molecular formula is C18H36PSi+. The maximum atomic E-state index is 1.64. The third kappa shape index (κ3) is 3.19. The molecule has 3 rings (SSSR count). The molecule has 0 amide bonds. The predicted molar refractivity (Wildman–Crippen MR) is 97.5 cm³/mol. The summed E-state index contributed by atoms with van der Waals surface area (Å²) in [7, 11) is 1.60. The maximum absolute atomic E-state index is 1.64. The predicted octanol–water partition coefficient (Wildman–Crippen LogP) is 5.28. The smallest absolute Gasteiger partial charge is 0.0530 e. The van der Waals surface area contributed by atoms with Crippen molar-refractivity contribution >= 4 is 16.7 Å². The van der Waals surface area contributed by atoms with Gasteiger partial charge in [-0.25, -0.2) is 0 Å². The summed E-state index contributed by atoms with van der Waals surface area (Å²) in [5.41, 5.74) is 3.73. The Hall–Kier alpha value is 0.647. The number of rotatable bonds is 3. The minimum atomic E-state index is -0.557. The average Bonchev–Trinajstić information content (AvgIpc) is 2.56. The van der Waals surface area contributed by atoms with E-state index in [4.69, 9.17) is 0 Å². The Morgan fingerprint density at radius 1 is 0.450 bits per heavy atom. The second-order valence-corrected chi connectivity index (χ2v) is 17.4. The highest BCUT2D eigenvalue weighted by atomic mass is 31.4. The van der Waals surface area contributed by atoms with E-state index in [2.05, 4.69) is 0 Å². The lowest BCUT2D eigenvalue weighted by Gasteiger charge is -2.47. The zero-order chi connectivity index (χ0) is 13.8. The Bertz CT molecular complexity index is 240. The van der Waals surface area contributed by atoms with E-state index in [1.54, 1.807) is 106 Å². The van der Waals surface area contributed by atoms with Crippen molar-refractivity contribution in [1.29, 1.82) is 0 Å². The van der Waals surface area contributed by atoms with E-state index in [1.807, 2.05) is 0 Å². The SMILES string of the molecule is [SiH3][P+](C1CCCCC1)(C1CCCCC1)C1CCCCC1. The minimum Gasteiger partial charge on any atom is -0.0530 e. The summed E-state index contributed by atoms with van der Waals surface area (Å²) in [6, 6.07) is 0. The largest absolute Gasteiger partial charge is 0.185 e. The molecule has 0 aliphatic heterocycles. The molecule has 2 heteroatoms. The van der Waals surface area contributed by atoms with Crippen LogP contribution in [0.3, 0.4) is 0 Å². The number of hydrogen-bond donors (Lipinski definition) is 0. The van der Waals surface area contributed by atoms with Crippen molar-refractivity contribution in [1.82, 2.24) is 0 Å². The van der Waals surface area contributed by atoms with Crippen molar-refractivity contribution in [3.05, 3.63) is 0 Å². The van der Waals surface area contributed by atoms with Crippen LogP contribution in [-0.2, 0) is 0 Å². The first-order valence-corrected chi connectivity index (χ1v) is 14.8. The Kier molecular flexibility index (Phi) is 5.65. The van der Waals surface area contributed by atoms with Crippen LogP contribution in [0.1, 0.15) is 96.3 Å². The van der Waals surface area contributed by atoms with Crippen LogP contribution in [0.4, 0.5) is 0 Å². The van der Waals surface area contributed by atoms with E-state index in [0.29, 0.717) is 0 Å². The summed E-state index contributed by atoms with van der Waals surface area (Å²) >= 11 is 0. The van der Waals surface area contributed by atoms with Crippen LogP contribution in [0.2, 0.25) is 0 Å². The summed E-state index contributed by atoms with van der Waals surface area (Å²) in [5, 5.41) is 0. The lowest BCUT2D eigenvalue weighted by Crippen LogP contribution is -2.36. The molecule has 0 N–H and O–H groups in total. The molecule has 3 fully saturated rings. The van der Waals surface area contributed by atoms with Gasteiger partial charge in [0, 0.05) is 0 Å². The minimum absolute atomic E-state index is 0.557. The monoisotopic (exact) mass is 311 g/mol. The third-order valence-electron chi connectivity index (χ3n) is 7.08. The van der Waals surface area contributed by atoms with E-state index in [0.717, 1.165) is 0 Å². The summed E-state index contributed by atoms with van der Waals surface area (Å²) in [6.07, 6.45) is 24.0. The fourth-order valence-corrected chi connectivity index (χ4v) is 16.7. The fourth-order valence-electron chi connectivity index (χ4n) is 5.81. The van der Waals surface area contributed by atoms with Crippen molar-refractivity contribution in [3.63, 3.8) is 0 Å². The first-order chi connectivity index (χ1) is 9.82. The first kappa shape index (κ1) is 15.5. The topological polar surface area (TPSA) is 0 Å². The molecule has 0 radical (unpaired) electrons. The van der Waals surface area contributed by atoms with Crippen LogP contribution in [0.15, 0.2) is 0 Å². The summed E-state index contributed by atoms with van der Waals surface area (Å²) in [5.74, 6) is 0. The van der Waals surface area contributed by atoms with E-state index in [9.17, 15) is 0 Å². The van der Waals surface area contributed by atoms with E-state index in [-0.39, 0.29) is 0 Å². The van der Waals surface area contributed by atoms with E-state index < -0.39 is 6.81 Å². The van der Waals surface area contributed by atoms with Gasteiger partial charge in [-0.2, -0.15) is 0 Å². The van der Waals surface area contributed by atoms with Gasteiger partial charge >= 0.3 is 0 Å². The van der Waals surface area contributed by atoms with Gasteiger partial charge in [0.25, 0.3) is 0 Å². The normalized spacial score (nSPS) is 28.8. The first-order valence-electron chi connectivity index (χ1n) is 9.67. The molecule has 3 aliphatic carbocycles. The summed E-state index contributed by atoms with van der Waals surface area (Å²) < 4.78 is 0. The van der Waals surface area contributed by atoms with Gasteiger partial charge in [0.05, 0.1) is 17.0 Å². The molecule has 0 bridgehead atoms. The zero-order valence-electron chi connectivity index (χ0n) is 13.8. The lowest BCUT2D eigenvalue weighted by atomic mass is 9.99. The average molecular weight is 312 g/mol. The maximum Gasteiger partial charge on any atom is 0.185 e.